The van der Waals surface area contributed by atoms with E-state index in [0.29, 0.717) is 0 Å². The molecule has 0 unspecified atom stereocenters. The van der Waals surface area contributed by atoms with Gasteiger partial charge in [-0.15, -0.1) is 0 Å². The average molecular weight is 283 g/mol. The molecule has 0 saturated carbocycles. The largest absolute Gasteiger partial charge is 0.397 e. The molecule has 1 aromatic carbocycles. The van der Waals surface area contributed by atoms with E-state index in [1.165, 1.54) is 44.9 Å². The van der Waals surface area contributed by atoms with Gasteiger partial charge in [0.05, 0.1) is 11.4 Å². The fraction of sp³-hybridized carbons (Fsp3) is 0.625. The maximum absolute atomic E-state index is 6.01. The number of anilines is 2. The molecule has 0 amide bonds. The third kappa shape index (κ3) is 6.20. The second-order valence-corrected chi connectivity index (χ2v) is 5.68. The summed E-state index contributed by atoms with van der Waals surface area (Å²) in [4.78, 5) is 2.20. The normalized spacial score (nSPS) is 10.7. The monoisotopic (exact) mass is 282 g/mol. The van der Waals surface area contributed by atoms with Gasteiger partial charge in [0.25, 0.3) is 0 Å². The van der Waals surface area contributed by atoms with Crippen LogP contribution in [0, 0.1) is 0 Å². The Morgan fingerprint density at radius 2 is 1.68 bits per heavy atom. The number of unbranched alkanes of at least 4 members (excludes halogenated alkanes) is 6. The van der Waals surface area contributed by atoms with Crippen molar-refractivity contribution in [2.24, 2.45) is 0 Å². The molecule has 0 aromatic heterocycles. The van der Waals surface area contributed by atoms with Gasteiger partial charge in [0.1, 0.15) is 0 Å². The van der Waals surface area contributed by atoms with Crippen molar-refractivity contribution >= 4 is 23.0 Å². The molecule has 0 aliphatic rings. The highest BCUT2D eigenvalue weighted by molar-refractivity contribution is 6.31. The Kier molecular flexibility index (Phi) is 7.73. The number of benzene rings is 1. The highest BCUT2D eigenvalue weighted by atomic mass is 35.5. The van der Waals surface area contributed by atoms with Gasteiger partial charge < -0.3 is 10.6 Å². The summed E-state index contributed by atoms with van der Waals surface area (Å²) in [6.07, 6.45) is 9.31. The van der Waals surface area contributed by atoms with E-state index >= 15 is 0 Å². The van der Waals surface area contributed by atoms with Crippen LogP contribution in [0.1, 0.15) is 51.9 Å². The molecule has 0 heterocycles. The first-order valence-electron chi connectivity index (χ1n) is 7.41. The molecular weight excluding hydrogens is 256 g/mol. The maximum atomic E-state index is 6.01. The molecule has 0 aliphatic carbocycles. The fourth-order valence-electron chi connectivity index (χ4n) is 2.27. The zero-order chi connectivity index (χ0) is 14.1. The lowest BCUT2D eigenvalue weighted by atomic mass is 10.1. The lowest BCUT2D eigenvalue weighted by Gasteiger charge is -2.21. The molecule has 0 aliphatic heterocycles. The average Bonchev–Trinajstić information content (AvgIpc) is 2.40. The highest BCUT2D eigenvalue weighted by Crippen LogP contribution is 2.26. The first-order valence-corrected chi connectivity index (χ1v) is 7.79. The van der Waals surface area contributed by atoms with Crippen molar-refractivity contribution in [2.45, 2.75) is 51.9 Å². The number of nitrogen functional groups attached to an aromatic ring is 1. The third-order valence-corrected chi connectivity index (χ3v) is 3.74. The lowest BCUT2D eigenvalue weighted by Crippen LogP contribution is -2.19. The van der Waals surface area contributed by atoms with Crippen molar-refractivity contribution < 1.29 is 0 Å². The number of hydrogen-bond donors (Lipinski definition) is 1. The quantitative estimate of drug-likeness (QED) is 0.504. The van der Waals surface area contributed by atoms with E-state index in [-0.39, 0.29) is 0 Å². The molecule has 0 atom stereocenters. The summed E-state index contributed by atoms with van der Waals surface area (Å²) in [6.45, 7) is 3.29. The second kappa shape index (κ2) is 9.08. The zero-order valence-electron chi connectivity index (χ0n) is 12.3. The summed E-state index contributed by atoms with van der Waals surface area (Å²) in [5.41, 5.74) is 7.82. The third-order valence-electron chi connectivity index (χ3n) is 3.50. The minimum Gasteiger partial charge on any atom is -0.397 e. The Labute approximate surface area is 122 Å². The first-order chi connectivity index (χ1) is 9.15. The summed E-state index contributed by atoms with van der Waals surface area (Å²) in [7, 11) is 2.08. The van der Waals surface area contributed by atoms with E-state index in [2.05, 4.69) is 18.9 Å². The van der Waals surface area contributed by atoms with Crippen LogP contribution in [-0.2, 0) is 0 Å². The van der Waals surface area contributed by atoms with E-state index < -0.39 is 0 Å². The Hall–Kier alpha value is -0.890. The van der Waals surface area contributed by atoms with Gasteiger partial charge in [0.15, 0.2) is 0 Å². The lowest BCUT2D eigenvalue weighted by molar-refractivity contribution is 0.589. The Morgan fingerprint density at radius 1 is 1.05 bits per heavy atom. The van der Waals surface area contributed by atoms with Crippen LogP contribution in [0.4, 0.5) is 11.4 Å². The van der Waals surface area contributed by atoms with Crippen LogP contribution in [-0.4, -0.2) is 13.6 Å². The van der Waals surface area contributed by atoms with Crippen LogP contribution in [0.15, 0.2) is 18.2 Å². The van der Waals surface area contributed by atoms with E-state index in [0.717, 1.165) is 22.9 Å². The smallest absolute Gasteiger partial charge is 0.0612 e. The topological polar surface area (TPSA) is 29.3 Å². The minimum absolute atomic E-state index is 0.746. The Morgan fingerprint density at radius 3 is 2.37 bits per heavy atom. The van der Waals surface area contributed by atoms with Gasteiger partial charge in [0, 0.05) is 18.6 Å². The predicted octanol–water partition coefficient (Wildman–Crippen LogP) is 5.11. The van der Waals surface area contributed by atoms with E-state index in [4.69, 9.17) is 17.3 Å². The Balaban J connectivity index is 2.23. The molecule has 0 saturated heterocycles. The van der Waals surface area contributed by atoms with Crippen molar-refractivity contribution in [3.05, 3.63) is 23.2 Å². The summed E-state index contributed by atoms with van der Waals surface area (Å²) in [5, 5.41) is 0.746. The molecule has 0 fully saturated rings. The molecule has 0 spiro atoms. The van der Waals surface area contributed by atoms with Gasteiger partial charge in [0.2, 0.25) is 0 Å². The van der Waals surface area contributed by atoms with E-state index in [1.54, 1.807) is 0 Å². The van der Waals surface area contributed by atoms with Crippen LogP contribution < -0.4 is 10.6 Å². The van der Waals surface area contributed by atoms with Crippen LogP contribution in [0.2, 0.25) is 5.02 Å². The number of nitrogens with zero attached hydrogens (tertiary/aromatic N) is 1. The van der Waals surface area contributed by atoms with Gasteiger partial charge in [-0.3, -0.25) is 0 Å². The molecule has 3 heteroatoms. The summed E-state index contributed by atoms with van der Waals surface area (Å²) < 4.78 is 0. The van der Waals surface area contributed by atoms with Crippen molar-refractivity contribution in [1.29, 1.82) is 0 Å². The number of nitrogens with two attached hydrogens (primary N) is 1. The molecule has 0 bridgehead atoms. The fourth-order valence-corrected chi connectivity index (χ4v) is 2.44. The zero-order valence-corrected chi connectivity index (χ0v) is 13.0. The molecule has 108 valence electrons. The molecule has 19 heavy (non-hydrogen) atoms. The van der Waals surface area contributed by atoms with E-state index in [9.17, 15) is 0 Å². The van der Waals surface area contributed by atoms with E-state index in [1.807, 2.05) is 18.2 Å². The molecule has 2 nitrogen and oxygen atoms in total. The van der Waals surface area contributed by atoms with Crippen LogP contribution in [0.5, 0.6) is 0 Å². The van der Waals surface area contributed by atoms with Gasteiger partial charge in [-0.1, -0.05) is 57.0 Å². The SMILES string of the molecule is CCCCCCCCCN(C)c1cc(Cl)ccc1N. The number of hydrogen-bond acceptors (Lipinski definition) is 2. The molecular formula is C16H27ClN2. The van der Waals surface area contributed by atoms with Gasteiger partial charge >= 0.3 is 0 Å². The predicted molar refractivity (Wildman–Crippen MR) is 87.1 cm³/mol. The highest BCUT2D eigenvalue weighted by Gasteiger charge is 2.05. The van der Waals surface area contributed by atoms with Crippen molar-refractivity contribution in [1.82, 2.24) is 0 Å². The minimum atomic E-state index is 0.746. The molecule has 1 aromatic rings. The van der Waals surface area contributed by atoms with Crippen LogP contribution >= 0.6 is 11.6 Å². The first kappa shape index (κ1) is 16.2. The number of rotatable bonds is 9. The standard InChI is InChI=1S/C16H27ClN2/c1-3-4-5-6-7-8-9-12-19(2)16-13-14(17)10-11-15(16)18/h10-11,13H,3-9,12,18H2,1-2H3. The number of halogens is 1. The van der Waals surface area contributed by atoms with Gasteiger partial charge in [-0.25, -0.2) is 0 Å². The Bertz CT molecular complexity index is 366. The molecule has 2 N–H and O–H groups in total. The molecule has 1 rings (SSSR count). The summed E-state index contributed by atoms with van der Waals surface area (Å²) in [6, 6.07) is 5.65. The van der Waals surface area contributed by atoms with Crippen molar-refractivity contribution in [3.8, 4) is 0 Å². The van der Waals surface area contributed by atoms with Crippen molar-refractivity contribution in [3.63, 3.8) is 0 Å². The van der Waals surface area contributed by atoms with Crippen LogP contribution in [0.3, 0.4) is 0 Å². The summed E-state index contributed by atoms with van der Waals surface area (Å²) >= 11 is 6.01. The van der Waals surface area contributed by atoms with Gasteiger partial charge in [-0.2, -0.15) is 0 Å². The summed E-state index contributed by atoms with van der Waals surface area (Å²) in [5.74, 6) is 0. The van der Waals surface area contributed by atoms with Crippen LogP contribution in [0.25, 0.3) is 0 Å². The second-order valence-electron chi connectivity index (χ2n) is 5.25. The van der Waals surface area contributed by atoms with Crippen molar-refractivity contribution in [2.75, 3.05) is 24.2 Å². The molecule has 0 radical (unpaired) electrons. The van der Waals surface area contributed by atoms with Gasteiger partial charge in [-0.05, 0) is 24.6 Å². The maximum Gasteiger partial charge on any atom is 0.0612 e.